The molecule has 0 N–H and O–H groups in total. The summed E-state index contributed by atoms with van der Waals surface area (Å²) in [6, 6.07) is 3.71. The van der Waals surface area contributed by atoms with Gasteiger partial charge in [-0.1, -0.05) is 11.5 Å². The molecule has 1 unspecified atom stereocenters. The second-order valence-corrected chi connectivity index (χ2v) is 4.54. The number of halogens is 1. The molecular weight excluding hydrogens is 218 g/mol. The van der Waals surface area contributed by atoms with Crippen LogP contribution in [0.25, 0.3) is 10.9 Å². The van der Waals surface area contributed by atoms with Crippen LogP contribution in [0.2, 0.25) is 0 Å². The van der Waals surface area contributed by atoms with Gasteiger partial charge in [0.15, 0.2) is 6.23 Å². The lowest BCUT2D eigenvalue weighted by Gasteiger charge is -2.23. The summed E-state index contributed by atoms with van der Waals surface area (Å²) in [7, 11) is 1.77. The minimum Gasteiger partial charge on any atom is -0.356 e. The highest BCUT2D eigenvalue weighted by molar-refractivity contribution is 6.33. The van der Waals surface area contributed by atoms with Gasteiger partial charge < -0.3 is 4.74 Å². The monoisotopic (exact) mass is 232 g/mol. The number of hydrogen-bond donors (Lipinski definition) is 0. The number of benzene rings is 1. The van der Waals surface area contributed by atoms with Crippen molar-refractivity contribution in [1.82, 2.24) is 9.78 Å². The summed E-state index contributed by atoms with van der Waals surface area (Å²) < 4.78 is 21.4. The third kappa shape index (κ3) is 1.74. The normalized spacial score (nSPS) is 20.9. The smallest absolute Gasteiger partial charge is 0.150 e. The second kappa shape index (κ2) is 4.15. The molecule has 0 saturated carbocycles. The lowest BCUT2D eigenvalue weighted by atomic mass is 9.94. The molecule has 2 aromatic rings. The minimum absolute atomic E-state index is 0.0386. The van der Waals surface area contributed by atoms with E-state index >= 15 is 0 Å². The predicted molar refractivity (Wildman–Crippen MR) is 66.7 cm³/mol. The zero-order valence-electron chi connectivity index (χ0n) is 9.82. The molecule has 0 amide bonds. The molecule has 5 heteroatoms. The lowest BCUT2D eigenvalue weighted by Crippen LogP contribution is -2.19. The molecule has 1 aliphatic rings. The first kappa shape index (κ1) is 10.8. The number of hydrogen-bond acceptors (Lipinski definition) is 2. The van der Waals surface area contributed by atoms with Crippen LogP contribution in [0.5, 0.6) is 0 Å². The Balaban J connectivity index is 2.08. The maximum atomic E-state index is 13.9. The average Bonchev–Trinajstić information content (AvgIpc) is 2.79. The average molecular weight is 232 g/mol. The maximum Gasteiger partial charge on any atom is 0.150 e. The number of rotatable bonds is 1. The van der Waals surface area contributed by atoms with Gasteiger partial charge in [-0.25, -0.2) is 9.07 Å². The Morgan fingerprint density at radius 2 is 2.29 bits per heavy atom. The molecule has 3 rings (SSSR count). The molecule has 1 atom stereocenters. The lowest BCUT2D eigenvalue weighted by molar-refractivity contribution is -0.0366. The Hall–Kier alpha value is -1.36. The zero-order valence-corrected chi connectivity index (χ0v) is 9.82. The van der Waals surface area contributed by atoms with Crippen LogP contribution in [0, 0.1) is 5.82 Å². The van der Waals surface area contributed by atoms with E-state index in [1.807, 2.05) is 6.07 Å². The van der Waals surface area contributed by atoms with Crippen molar-refractivity contribution in [2.24, 2.45) is 0 Å². The van der Waals surface area contributed by atoms with Crippen molar-refractivity contribution in [2.45, 2.75) is 25.5 Å². The summed E-state index contributed by atoms with van der Waals surface area (Å²) >= 11 is 0. The van der Waals surface area contributed by atoms with Crippen molar-refractivity contribution in [2.75, 3.05) is 6.61 Å². The Labute approximate surface area is 100.0 Å². The fourth-order valence-corrected chi connectivity index (χ4v) is 2.34. The van der Waals surface area contributed by atoms with Crippen molar-refractivity contribution in [3.05, 3.63) is 24.1 Å². The van der Waals surface area contributed by atoms with Crippen molar-refractivity contribution in [3.8, 4) is 0 Å². The van der Waals surface area contributed by atoms with Crippen LogP contribution in [-0.2, 0) is 4.74 Å². The Kier molecular flexibility index (Phi) is 2.63. The minimum atomic E-state index is -0.176. The largest absolute Gasteiger partial charge is 0.356 e. The molecule has 88 valence electrons. The number of aromatic nitrogens is 2. The van der Waals surface area contributed by atoms with Crippen molar-refractivity contribution >= 4 is 24.2 Å². The standard InChI is InChI=1S/C12H14BFN2O/c13-9-4-5-10-8(12(9)14)7-15-16(10)11-3-1-2-6-17-11/h4-5,7,11H,1-3,6,13H2. The predicted octanol–water partition coefficient (Wildman–Crippen LogP) is 1.13. The maximum absolute atomic E-state index is 13.9. The van der Waals surface area contributed by atoms with E-state index in [-0.39, 0.29) is 12.0 Å². The highest BCUT2D eigenvalue weighted by atomic mass is 19.1. The summed E-state index contributed by atoms with van der Waals surface area (Å²) in [5.41, 5.74) is 1.47. The molecule has 1 fully saturated rings. The molecule has 1 aromatic heterocycles. The number of fused-ring (bicyclic) bond motifs is 1. The molecule has 1 saturated heterocycles. The summed E-state index contributed by atoms with van der Waals surface area (Å²) in [5.74, 6) is -0.176. The van der Waals surface area contributed by atoms with Gasteiger partial charge in [0.25, 0.3) is 0 Å². The van der Waals surface area contributed by atoms with Gasteiger partial charge >= 0.3 is 0 Å². The Morgan fingerprint density at radius 1 is 1.41 bits per heavy atom. The van der Waals surface area contributed by atoms with E-state index in [4.69, 9.17) is 4.74 Å². The highest BCUT2D eigenvalue weighted by Gasteiger charge is 2.19. The third-order valence-electron chi connectivity index (χ3n) is 3.34. The van der Waals surface area contributed by atoms with E-state index in [9.17, 15) is 4.39 Å². The molecular formula is C12H14BFN2O. The first-order valence-corrected chi connectivity index (χ1v) is 6.01. The molecule has 0 spiro atoms. The zero-order chi connectivity index (χ0) is 11.8. The van der Waals surface area contributed by atoms with Gasteiger partial charge in [0.05, 0.1) is 17.1 Å². The van der Waals surface area contributed by atoms with Crippen molar-refractivity contribution in [3.63, 3.8) is 0 Å². The van der Waals surface area contributed by atoms with E-state index in [0.29, 0.717) is 10.8 Å². The van der Waals surface area contributed by atoms with Gasteiger partial charge in [0, 0.05) is 6.61 Å². The first-order valence-electron chi connectivity index (χ1n) is 6.01. The summed E-state index contributed by atoms with van der Waals surface area (Å²) in [6.07, 6.45) is 4.74. The van der Waals surface area contributed by atoms with Crippen LogP contribution in [0.1, 0.15) is 25.5 Å². The van der Waals surface area contributed by atoms with E-state index in [1.54, 1.807) is 24.8 Å². The van der Waals surface area contributed by atoms with Crippen molar-refractivity contribution in [1.29, 1.82) is 0 Å². The van der Waals surface area contributed by atoms with Crippen LogP contribution >= 0.6 is 0 Å². The molecule has 2 heterocycles. The molecule has 0 bridgehead atoms. The first-order chi connectivity index (χ1) is 8.27. The summed E-state index contributed by atoms with van der Waals surface area (Å²) in [5, 5.41) is 4.86. The molecule has 1 aliphatic heterocycles. The molecule has 0 aliphatic carbocycles. The molecule has 17 heavy (non-hydrogen) atoms. The second-order valence-electron chi connectivity index (χ2n) is 4.54. The van der Waals surface area contributed by atoms with E-state index < -0.39 is 0 Å². The van der Waals surface area contributed by atoms with Gasteiger partial charge in [-0.3, -0.25) is 0 Å². The van der Waals surface area contributed by atoms with E-state index in [1.165, 1.54) is 0 Å². The fourth-order valence-electron chi connectivity index (χ4n) is 2.34. The SMILES string of the molecule is Bc1ccc2c(cnn2C2CCCCO2)c1F. The Bertz CT molecular complexity index is 549. The number of ether oxygens (including phenoxy) is 1. The van der Waals surface area contributed by atoms with Gasteiger partial charge in [-0.2, -0.15) is 5.10 Å². The number of nitrogens with zero attached hydrogens (tertiary/aromatic N) is 2. The highest BCUT2D eigenvalue weighted by Crippen LogP contribution is 2.26. The van der Waals surface area contributed by atoms with Crippen LogP contribution in [0.15, 0.2) is 18.3 Å². The van der Waals surface area contributed by atoms with Gasteiger partial charge in [-0.15, -0.1) is 0 Å². The summed E-state index contributed by atoms with van der Waals surface area (Å²) in [6.45, 7) is 0.764. The van der Waals surface area contributed by atoms with E-state index in [0.717, 1.165) is 31.4 Å². The molecule has 3 nitrogen and oxygen atoms in total. The molecule has 1 aromatic carbocycles. The topological polar surface area (TPSA) is 27.1 Å². The van der Waals surface area contributed by atoms with Crippen molar-refractivity contribution < 1.29 is 9.13 Å². The molecule has 0 radical (unpaired) electrons. The van der Waals surface area contributed by atoms with Gasteiger partial charge in [0.1, 0.15) is 13.7 Å². The van der Waals surface area contributed by atoms with Gasteiger partial charge in [-0.05, 0) is 25.3 Å². The van der Waals surface area contributed by atoms with Crippen LogP contribution in [0.4, 0.5) is 4.39 Å². The van der Waals surface area contributed by atoms with Crippen LogP contribution in [-0.4, -0.2) is 24.2 Å². The quantitative estimate of drug-likeness (QED) is 0.689. The van der Waals surface area contributed by atoms with Gasteiger partial charge in [0.2, 0.25) is 0 Å². The fraction of sp³-hybridized carbons (Fsp3) is 0.417. The summed E-state index contributed by atoms with van der Waals surface area (Å²) in [4.78, 5) is 0. The van der Waals surface area contributed by atoms with E-state index in [2.05, 4.69) is 5.10 Å². The van der Waals surface area contributed by atoms with Crippen LogP contribution in [0.3, 0.4) is 0 Å². The third-order valence-corrected chi connectivity index (χ3v) is 3.34. The van der Waals surface area contributed by atoms with Crippen LogP contribution < -0.4 is 5.46 Å². The Morgan fingerprint density at radius 3 is 3.06 bits per heavy atom.